The Morgan fingerprint density at radius 2 is 1.03 bits per heavy atom. The van der Waals surface area contributed by atoms with Crippen LogP contribution in [0.25, 0.3) is 0 Å². The van der Waals surface area contributed by atoms with E-state index in [-0.39, 0.29) is 0 Å². The number of hydrogen-bond donors (Lipinski definition) is 0. The number of hydrogen-bond acceptors (Lipinski definition) is 1. The minimum absolute atomic E-state index is 0.345. The number of nitrogens with zero attached hydrogens (tertiary/aromatic N) is 1. The van der Waals surface area contributed by atoms with E-state index in [4.69, 9.17) is 0 Å². The van der Waals surface area contributed by atoms with Gasteiger partial charge in [0.15, 0.2) is 0 Å². The molecule has 5 rings (SSSR count). The van der Waals surface area contributed by atoms with Crippen molar-refractivity contribution >= 4 is 23.2 Å². The van der Waals surface area contributed by atoms with E-state index in [1.54, 1.807) is 5.31 Å². The Hall–Kier alpha value is -2.99. The number of rotatable bonds is 7. The standard InChI is InChI=1S/C32H34NP/c1-33(2)32(26-16-7-3-8-17-26)30-24-15-25-31(30)34(27-18-9-4-10-19-27,28-20-11-5-12-21-28)29-22-13-6-14-23-29/h3-14,16-23,25,30,32,34H,15,24H2,1-2H3/t30-,32-/m1/s1. The van der Waals surface area contributed by atoms with Gasteiger partial charge in [-0.1, -0.05) is 0 Å². The molecule has 0 spiro atoms. The van der Waals surface area contributed by atoms with E-state index in [9.17, 15) is 0 Å². The molecule has 0 aromatic heterocycles. The molecule has 0 heterocycles. The molecule has 34 heavy (non-hydrogen) atoms. The zero-order chi connectivity index (χ0) is 23.4. The van der Waals surface area contributed by atoms with Crippen LogP contribution in [-0.4, -0.2) is 19.0 Å². The summed E-state index contributed by atoms with van der Waals surface area (Å²) in [5.41, 5.74) is 1.40. The fraction of sp³-hybridized carbons (Fsp3) is 0.188. The van der Waals surface area contributed by atoms with E-state index in [2.05, 4.69) is 146 Å². The first kappa shape index (κ1) is 22.8. The van der Waals surface area contributed by atoms with Crippen LogP contribution >= 0.6 is 7.26 Å². The molecule has 0 fully saturated rings. The Bertz CT molecular complexity index is 1120. The molecule has 0 unspecified atom stereocenters. The van der Waals surface area contributed by atoms with Gasteiger partial charge in [-0.25, -0.2) is 0 Å². The Kier molecular flexibility index (Phi) is 6.77. The molecule has 0 aliphatic heterocycles. The molecule has 4 aromatic rings. The SMILES string of the molecule is CN(C)[C@H](c1ccccc1)[C@@H]1CCC=C1[PH](c1ccccc1)(c1ccccc1)c1ccccc1. The first-order chi connectivity index (χ1) is 16.7. The van der Waals surface area contributed by atoms with Gasteiger partial charge >= 0.3 is 205 Å². The topological polar surface area (TPSA) is 3.24 Å². The van der Waals surface area contributed by atoms with Crippen molar-refractivity contribution in [2.45, 2.75) is 18.9 Å². The molecular formula is C32H34NP. The Balaban J connectivity index is 1.79. The van der Waals surface area contributed by atoms with Crippen molar-refractivity contribution in [3.05, 3.63) is 138 Å². The van der Waals surface area contributed by atoms with Crippen molar-refractivity contribution in [3.63, 3.8) is 0 Å². The summed E-state index contributed by atoms with van der Waals surface area (Å²) < 4.78 is 0. The van der Waals surface area contributed by atoms with Crippen molar-refractivity contribution in [2.24, 2.45) is 5.92 Å². The number of allylic oxidation sites excluding steroid dienone is 1. The molecule has 0 bridgehead atoms. The summed E-state index contributed by atoms with van der Waals surface area (Å²) in [6.45, 7) is 0. The third-order valence-electron chi connectivity index (χ3n) is 7.37. The summed E-state index contributed by atoms with van der Waals surface area (Å²) >= 11 is 0. The van der Waals surface area contributed by atoms with Crippen LogP contribution in [0.15, 0.2) is 133 Å². The Morgan fingerprint density at radius 1 is 0.618 bits per heavy atom. The van der Waals surface area contributed by atoms with Gasteiger partial charge in [-0.15, -0.1) is 0 Å². The molecule has 2 heteroatoms. The van der Waals surface area contributed by atoms with Crippen molar-refractivity contribution < 1.29 is 0 Å². The molecule has 1 nitrogen and oxygen atoms in total. The van der Waals surface area contributed by atoms with Crippen molar-refractivity contribution in [1.82, 2.24) is 4.90 Å². The first-order valence-electron chi connectivity index (χ1n) is 12.3. The minimum atomic E-state index is -2.46. The molecule has 1 aliphatic carbocycles. The zero-order valence-corrected chi connectivity index (χ0v) is 21.1. The average Bonchev–Trinajstić information content (AvgIpc) is 3.36. The molecule has 0 saturated heterocycles. The predicted molar refractivity (Wildman–Crippen MR) is 150 cm³/mol. The number of benzene rings is 4. The molecule has 4 aromatic carbocycles. The van der Waals surface area contributed by atoms with E-state index < -0.39 is 7.26 Å². The second-order valence-electron chi connectivity index (χ2n) is 9.51. The molecule has 172 valence electrons. The zero-order valence-electron chi connectivity index (χ0n) is 20.1. The van der Waals surface area contributed by atoms with E-state index in [1.165, 1.54) is 27.9 Å². The third kappa shape index (κ3) is 4.05. The molecule has 0 saturated carbocycles. The van der Waals surface area contributed by atoms with Crippen molar-refractivity contribution in [2.75, 3.05) is 14.1 Å². The summed E-state index contributed by atoms with van der Waals surface area (Å²) in [7, 11) is 2.02. The van der Waals surface area contributed by atoms with Gasteiger partial charge in [-0.3, -0.25) is 0 Å². The Labute approximate surface area is 205 Å². The summed E-state index contributed by atoms with van der Waals surface area (Å²) in [6, 6.07) is 45.4. The van der Waals surface area contributed by atoms with Crippen molar-refractivity contribution in [1.29, 1.82) is 0 Å². The van der Waals surface area contributed by atoms with Gasteiger partial charge in [-0.2, -0.15) is 0 Å². The molecular weight excluding hydrogens is 429 g/mol. The second kappa shape index (κ2) is 10.1. The fourth-order valence-corrected chi connectivity index (χ4v) is 11.5. The summed E-state index contributed by atoms with van der Waals surface area (Å²) in [5.74, 6) is 0.463. The van der Waals surface area contributed by atoms with Crippen LogP contribution in [0.5, 0.6) is 0 Å². The van der Waals surface area contributed by atoms with Crippen LogP contribution in [-0.2, 0) is 0 Å². The monoisotopic (exact) mass is 463 g/mol. The summed E-state index contributed by atoms with van der Waals surface area (Å²) in [6.07, 6.45) is 4.93. The Morgan fingerprint density at radius 3 is 1.44 bits per heavy atom. The van der Waals surface area contributed by atoms with Gasteiger partial charge < -0.3 is 0 Å². The van der Waals surface area contributed by atoms with E-state index in [0.29, 0.717) is 12.0 Å². The molecule has 1 aliphatic rings. The van der Waals surface area contributed by atoms with Gasteiger partial charge in [0.05, 0.1) is 0 Å². The normalized spacial score (nSPS) is 17.4. The van der Waals surface area contributed by atoms with Gasteiger partial charge in [0.25, 0.3) is 0 Å². The molecule has 0 radical (unpaired) electrons. The molecule has 0 amide bonds. The van der Waals surface area contributed by atoms with E-state index >= 15 is 0 Å². The fourth-order valence-electron chi connectivity index (χ4n) is 6.09. The van der Waals surface area contributed by atoms with Gasteiger partial charge in [0.1, 0.15) is 0 Å². The summed E-state index contributed by atoms with van der Waals surface area (Å²) in [5, 5.41) is 6.06. The van der Waals surface area contributed by atoms with E-state index in [1.807, 2.05) is 0 Å². The van der Waals surface area contributed by atoms with Crippen LogP contribution < -0.4 is 15.9 Å². The van der Waals surface area contributed by atoms with Crippen LogP contribution in [0.4, 0.5) is 0 Å². The average molecular weight is 464 g/mol. The summed E-state index contributed by atoms with van der Waals surface area (Å²) in [4.78, 5) is 2.43. The van der Waals surface area contributed by atoms with Crippen LogP contribution in [0, 0.1) is 5.92 Å². The van der Waals surface area contributed by atoms with Crippen LogP contribution in [0.1, 0.15) is 24.4 Å². The maximum atomic E-state index is 2.60. The van der Waals surface area contributed by atoms with Crippen LogP contribution in [0.2, 0.25) is 0 Å². The van der Waals surface area contributed by atoms with E-state index in [0.717, 1.165) is 6.42 Å². The molecule has 2 atom stereocenters. The van der Waals surface area contributed by atoms with Gasteiger partial charge in [-0.05, 0) is 0 Å². The van der Waals surface area contributed by atoms with Gasteiger partial charge in [0, 0.05) is 0 Å². The van der Waals surface area contributed by atoms with Crippen molar-refractivity contribution in [3.8, 4) is 0 Å². The first-order valence-corrected chi connectivity index (χ1v) is 14.3. The van der Waals surface area contributed by atoms with Crippen LogP contribution in [0.3, 0.4) is 0 Å². The van der Waals surface area contributed by atoms with Gasteiger partial charge in [0.2, 0.25) is 0 Å². The maximum absolute atomic E-state index is 2.60. The third-order valence-corrected chi connectivity index (χ3v) is 12.4. The predicted octanol–water partition coefficient (Wildman–Crippen LogP) is 6.31. The molecule has 0 N–H and O–H groups in total. The second-order valence-corrected chi connectivity index (χ2v) is 13.3. The quantitative estimate of drug-likeness (QED) is 0.290.